The predicted octanol–water partition coefficient (Wildman–Crippen LogP) is -1.07. The van der Waals surface area contributed by atoms with E-state index in [4.69, 9.17) is 5.73 Å². The van der Waals surface area contributed by atoms with Crippen molar-refractivity contribution in [1.82, 2.24) is 10.2 Å². The van der Waals surface area contributed by atoms with Crippen molar-refractivity contribution in [2.75, 3.05) is 19.6 Å². The summed E-state index contributed by atoms with van der Waals surface area (Å²) in [4.78, 5) is 23.9. The van der Waals surface area contributed by atoms with Gasteiger partial charge in [-0.25, -0.2) is 0 Å². The van der Waals surface area contributed by atoms with Gasteiger partial charge in [-0.15, -0.1) is 0 Å². The molecule has 1 saturated heterocycles. The number of primary amides is 1. The van der Waals surface area contributed by atoms with Gasteiger partial charge in [0.2, 0.25) is 11.8 Å². The number of hydrogen-bond donors (Lipinski definition) is 2. The average Bonchev–Trinajstić information content (AvgIpc) is 2.11. The van der Waals surface area contributed by atoms with Gasteiger partial charge in [-0.2, -0.15) is 0 Å². The summed E-state index contributed by atoms with van der Waals surface area (Å²) in [6.45, 7) is 5.36. The number of hydrogen-bond acceptors (Lipinski definition) is 3. The fraction of sp³-hybridized carbons (Fsp3) is 0.778. The van der Waals surface area contributed by atoms with E-state index in [0.717, 1.165) is 0 Å². The van der Waals surface area contributed by atoms with Crippen LogP contribution in [0.25, 0.3) is 0 Å². The van der Waals surface area contributed by atoms with Crippen LogP contribution in [0.2, 0.25) is 0 Å². The number of rotatable bonds is 3. The second-order valence-electron chi connectivity index (χ2n) is 3.89. The first kappa shape index (κ1) is 11.0. The molecule has 0 aromatic rings. The molecule has 1 fully saturated rings. The molecular weight excluding hydrogens is 182 g/mol. The molecule has 1 rings (SSSR count). The molecule has 0 spiro atoms. The molecule has 0 aromatic heterocycles. The van der Waals surface area contributed by atoms with E-state index >= 15 is 0 Å². The smallest absolute Gasteiger partial charge is 0.234 e. The zero-order valence-corrected chi connectivity index (χ0v) is 8.62. The molecule has 3 N–H and O–H groups in total. The van der Waals surface area contributed by atoms with Crippen molar-refractivity contribution in [2.24, 2.45) is 11.7 Å². The minimum atomic E-state index is -0.316. The highest BCUT2D eigenvalue weighted by Crippen LogP contribution is 2.06. The molecule has 2 unspecified atom stereocenters. The van der Waals surface area contributed by atoms with E-state index in [-0.39, 0.29) is 23.8 Å². The lowest BCUT2D eigenvalue weighted by atomic mass is 10.1. The van der Waals surface area contributed by atoms with Gasteiger partial charge in [0.1, 0.15) is 0 Å². The number of carbonyl (C=O) groups excluding carboxylic acids is 2. The van der Waals surface area contributed by atoms with Crippen LogP contribution in [-0.4, -0.2) is 42.4 Å². The molecule has 14 heavy (non-hydrogen) atoms. The highest BCUT2D eigenvalue weighted by molar-refractivity contribution is 5.79. The number of nitrogens with two attached hydrogens (primary N) is 1. The third kappa shape index (κ3) is 2.70. The number of piperazine rings is 1. The Kier molecular flexibility index (Phi) is 3.46. The van der Waals surface area contributed by atoms with E-state index in [1.54, 1.807) is 6.92 Å². The molecule has 0 saturated carbocycles. The first-order chi connectivity index (χ1) is 6.50. The van der Waals surface area contributed by atoms with Crippen molar-refractivity contribution in [1.29, 1.82) is 0 Å². The van der Waals surface area contributed by atoms with E-state index in [1.807, 2.05) is 11.8 Å². The summed E-state index contributed by atoms with van der Waals surface area (Å²) < 4.78 is 0. The molecule has 0 radical (unpaired) electrons. The molecule has 5 nitrogen and oxygen atoms in total. The van der Waals surface area contributed by atoms with E-state index in [1.165, 1.54) is 0 Å². The predicted molar refractivity (Wildman–Crippen MR) is 52.4 cm³/mol. The Morgan fingerprint density at radius 2 is 2.43 bits per heavy atom. The lowest BCUT2D eigenvalue weighted by Gasteiger charge is -2.34. The molecule has 0 aromatic carbocycles. The number of amides is 2. The van der Waals surface area contributed by atoms with Gasteiger partial charge in [-0.3, -0.25) is 14.5 Å². The Morgan fingerprint density at radius 1 is 1.79 bits per heavy atom. The van der Waals surface area contributed by atoms with Gasteiger partial charge in [0.05, 0.1) is 6.54 Å². The largest absolute Gasteiger partial charge is 0.369 e. The van der Waals surface area contributed by atoms with Crippen LogP contribution >= 0.6 is 0 Å². The fourth-order valence-corrected chi connectivity index (χ4v) is 1.47. The normalized spacial score (nSPS) is 25.6. The van der Waals surface area contributed by atoms with Crippen molar-refractivity contribution in [3.8, 4) is 0 Å². The van der Waals surface area contributed by atoms with Crippen LogP contribution < -0.4 is 11.1 Å². The van der Waals surface area contributed by atoms with Gasteiger partial charge in [-0.1, -0.05) is 6.92 Å². The Morgan fingerprint density at radius 3 is 3.00 bits per heavy atom. The lowest BCUT2D eigenvalue weighted by molar-refractivity contribution is -0.128. The zero-order chi connectivity index (χ0) is 10.7. The van der Waals surface area contributed by atoms with Crippen molar-refractivity contribution >= 4 is 11.8 Å². The second-order valence-corrected chi connectivity index (χ2v) is 3.89. The summed E-state index contributed by atoms with van der Waals surface area (Å²) in [7, 11) is 0. The van der Waals surface area contributed by atoms with E-state index in [2.05, 4.69) is 5.32 Å². The number of carbonyl (C=O) groups is 2. The zero-order valence-electron chi connectivity index (χ0n) is 8.62. The van der Waals surface area contributed by atoms with Crippen molar-refractivity contribution in [3.63, 3.8) is 0 Å². The maximum atomic E-state index is 11.1. The molecule has 5 heteroatoms. The Hall–Kier alpha value is -1.10. The molecule has 0 aliphatic carbocycles. The first-order valence-corrected chi connectivity index (χ1v) is 4.80. The Labute approximate surface area is 83.6 Å². The van der Waals surface area contributed by atoms with Gasteiger partial charge in [-0.05, 0) is 6.92 Å². The Balaban J connectivity index is 2.49. The van der Waals surface area contributed by atoms with E-state index < -0.39 is 0 Å². The standard InChI is InChI=1S/C9H17N3O2/c1-6(9(10)14)4-12-5-8(13)11-3-7(12)2/h6-7H,3-5H2,1-2H3,(H2,10,14)(H,11,13). The van der Waals surface area contributed by atoms with Gasteiger partial charge >= 0.3 is 0 Å². The van der Waals surface area contributed by atoms with Crippen LogP contribution in [-0.2, 0) is 9.59 Å². The maximum absolute atomic E-state index is 11.1. The van der Waals surface area contributed by atoms with Crippen LogP contribution in [0.3, 0.4) is 0 Å². The molecule has 2 atom stereocenters. The van der Waals surface area contributed by atoms with E-state index in [0.29, 0.717) is 19.6 Å². The first-order valence-electron chi connectivity index (χ1n) is 4.80. The van der Waals surface area contributed by atoms with Crippen molar-refractivity contribution in [3.05, 3.63) is 0 Å². The minimum Gasteiger partial charge on any atom is -0.369 e. The van der Waals surface area contributed by atoms with Crippen molar-refractivity contribution in [2.45, 2.75) is 19.9 Å². The van der Waals surface area contributed by atoms with Crippen LogP contribution in [0, 0.1) is 5.92 Å². The van der Waals surface area contributed by atoms with Crippen molar-refractivity contribution < 1.29 is 9.59 Å². The molecule has 1 heterocycles. The summed E-state index contributed by atoms with van der Waals surface area (Å²) in [5, 5.41) is 2.77. The second kappa shape index (κ2) is 4.41. The fourth-order valence-electron chi connectivity index (χ4n) is 1.47. The average molecular weight is 199 g/mol. The number of nitrogens with one attached hydrogen (secondary N) is 1. The van der Waals surface area contributed by atoms with Gasteiger partial charge in [0.25, 0.3) is 0 Å². The van der Waals surface area contributed by atoms with Crippen LogP contribution in [0.1, 0.15) is 13.8 Å². The third-order valence-electron chi connectivity index (χ3n) is 2.56. The summed E-state index contributed by atoms with van der Waals surface area (Å²) in [6, 6.07) is 0.273. The molecule has 1 aliphatic rings. The maximum Gasteiger partial charge on any atom is 0.234 e. The molecule has 0 bridgehead atoms. The topological polar surface area (TPSA) is 75.4 Å². The monoisotopic (exact) mass is 199 g/mol. The van der Waals surface area contributed by atoms with Gasteiger partial charge in [0, 0.05) is 25.0 Å². The number of nitrogens with zero attached hydrogens (tertiary/aromatic N) is 1. The summed E-state index contributed by atoms with van der Waals surface area (Å²) in [6.07, 6.45) is 0. The molecule has 1 aliphatic heterocycles. The summed E-state index contributed by atoms with van der Waals surface area (Å²) in [5.74, 6) is -0.508. The molecular formula is C9H17N3O2. The quantitative estimate of drug-likeness (QED) is 0.607. The highest BCUT2D eigenvalue weighted by atomic mass is 16.2. The lowest BCUT2D eigenvalue weighted by Crippen LogP contribution is -2.54. The van der Waals surface area contributed by atoms with Crippen LogP contribution in [0.15, 0.2) is 0 Å². The Bertz CT molecular complexity index is 242. The van der Waals surface area contributed by atoms with Gasteiger partial charge in [0.15, 0.2) is 0 Å². The third-order valence-corrected chi connectivity index (χ3v) is 2.56. The van der Waals surface area contributed by atoms with Crippen LogP contribution in [0.4, 0.5) is 0 Å². The summed E-state index contributed by atoms with van der Waals surface area (Å²) >= 11 is 0. The highest BCUT2D eigenvalue weighted by Gasteiger charge is 2.25. The minimum absolute atomic E-state index is 0.0137. The van der Waals surface area contributed by atoms with E-state index in [9.17, 15) is 9.59 Å². The van der Waals surface area contributed by atoms with Gasteiger partial charge < -0.3 is 11.1 Å². The molecule has 2 amide bonds. The van der Waals surface area contributed by atoms with Crippen LogP contribution in [0.5, 0.6) is 0 Å². The summed E-state index contributed by atoms with van der Waals surface area (Å²) in [5.41, 5.74) is 5.17. The SMILES string of the molecule is CC(CN1CC(=O)NCC1C)C(N)=O. The molecule has 80 valence electrons.